The maximum atomic E-state index is 8.89. The minimum Gasteiger partial charge on any atom is -0.299 e. The third kappa shape index (κ3) is 5.78. The summed E-state index contributed by atoms with van der Waals surface area (Å²) in [4.78, 5) is 0. The summed E-state index contributed by atoms with van der Waals surface area (Å²) in [6.07, 6.45) is 4.70. The lowest BCUT2D eigenvalue weighted by molar-refractivity contribution is 0.242. The van der Waals surface area contributed by atoms with E-state index in [-0.39, 0.29) is 6.04 Å². The Morgan fingerprint density at radius 3 is 2.16 bits per heavy atom. The first-order valence-electron chi connectivity index (χ1n) is 7.69. The van der Waals surface area contributed by atoms with Gasteiger partial charge in [0.25, 0.3) is 0 Å². The number of hydrogen-bond donors (Lipinski definition) is 1. The fourth-order valence-electron chi connectivity index (χ4n) is 2.76. The molecule has 0 aliphatic rings. The normalized spacial score (nSPS) is 20.2. The summed E-state index contributed by atoms with van der Waals surface area (Å²) < 4.78 is 0. The van der Waals surface area contributed by atoms with Gasteiger partial charge in [-0.3, -0.25) is 5.32 Å². The van der Waals surface area contributed by atoms with E-state index < -0.39 is 0 Å². The van der Waals surface area contributed by atoms with Crippen LogP contribution in [0.1, 0.15) is 61.3 Å². The number of hydrogen-bond acceptors (Lipinski definition) is 2. The van der Waals surface area contributed by atoms with E-state index in [9.17, 15) is 0 Å². The fourth-order valence-corrected chi connectivity index (χ4v) is 2.76. The van der Waals surface area contributed by atoms with Crippen molar-refractivity contribution in [2.45, 2.75) is 73.4 Å². The lowest BCUT2D eigenvalue weighted by Crippen LogP contribution is -2.41. The predicted octanol–water partition coefficient (Wildman–Crippen LogP) is 4.53. The van der Waals surface area contributed by atoms with Crippen LogP contribution in [0.3, 0.4) is 0 Å². The van der Waals surface area contributed by atoms with Crippen molar-refractivity contribution < 1.29 is 0 Å². The third-order valence-corrected chi connectivity index (χ3v) is 4.61. The van der Waals surface area contributed by atoms with Gasteiger partial charge in [-0.2, -0.15) is 5.26 Å². The van der Waals surface area contributed by atoms with Crippen LogP contribution in [0.25, 0.3) is 0 Å². The summed E-state index contributed by atoms with van der Waals surface area (Å²) in [7, 11) is 0. The highest BCUT2D eigenvalue weighted by molar-refractivity contribution is 5.06. The second kappa shape index (κ2) is 9.15. The lowest BCUT2D eigenvalue weighted by atomic mass is 9.76. The van der Waals surface area contributed by atoms with Crippen molar-refractivity contribution >= 4 is 0 Å². The van der Waals surface area contributed by atoms with Crippen LogP contribution in [0.5, 0.6) is 0 Å². The van der Waals surface area contributed by atoms with E-state index in [1.165, 1.54) is 12.8 Å². The van der Waals surface area contributed by atoms with Gasteiger partial charge in [0.15, 0.2) is 0 Å². The van der Waals surface area contributed by atoms with Crippen LogP contribution in [0.4, 0.5) is 0 Å². The Hall–Kier alpha value is -0.810. The number of allylic oxidation sites excluding steroid dienone is 2. The number of rotatable bonds is 8. The average Bonchev–Trinajstić information content (AvgIpc) is 2.41. The molecule has 19 heavy (non-hydrogen) atoms. The smallest absolute Gasteiger partial charge is 0.0926 e. The quantitative estimate of drug-likeness (QED) is 0.654. The van der Waals surface area contributed by atoms with E-state index in [1.807, 2.05) is 6.92 Å². The van der Waals surface area contributed by atoms with E-state index in [0.29, 0.717) is 23.8 Å². The minimum absolute atomic E-state index is 0.0724. The maximum absolute atomic E-state index is 8.89. The first-order chi connectivity index (χ1) is 8.88. The highest BCUT2D eigenvalue weighted by Crippen LogP contribution is 2.30. The van der Waals surface area contributed by atoms with Crippen LogP contribution in [0.2, 0.25) is 0 Å². The van der Waals surface area contributed by atoms with Crippen LogP contribution < -0.4 is 5.32 Å². The summed E-state index contributed by atoms with van der Waals surface area (Å²) in [6, 6.07) is 2.55. The summed E-state index contributed by atoms with van der Waals surface area (Å²) in [6.45, 7) is 15.5. The van der Waals surface area contributed by atoms with Crippen LogP contribution in [-0.4, -0.2) is 12.1 Å². The Bertz CT molecular complexity index is 314. The molecule has 0 saturated heterocycles. The number of nitriles is 1. The molecular formula is C17H32N2. The topological polar surface area (TPSA) is 35.8 Å². The standard InChI is InChI=1S/C17H32N2/c1-8-10-17(9-2)15(6)13(4)14(5)16(7)19-12(3)11-18/h9,12-16,19H,8,10H2,1-7H3. The highest BCUT2D eigenvalue weighted by atomic mass is 14.9. The van der Waals surface area contributed by atoms with Gasteiger partial charge in [-0.05, 0) is 44.9 Å². The molecule has 2 heteroatoms. The van der Waals surface area contributed by atoms with Crippen LogP contribution in [-0.2, 0) is 0 Å². The fraction of sp³-hybridized carbons (Fsp3) is 0.824. The summed E-state index contributed by atoms with van der Waals surface area (Å²) in [5.41, 5.74) is 1.57. The van der Waals surface area contributed by atoms with Gasteiger partial charge < -0.3 is 0 Å². The monoisotopic (exact) mass is 264 g/mol. The molecule has 110 valence electrons. The summed E-state index contributed by atoms with van der Waals surface area (Å²) >= 11 is 0. The summed E-state index contributed by atoms with van der Waals surface area (Å²) in [5.74, 6) is 1.78. The third-order valence-electron chi connectivity index (χ3n) is 4.61. The molecular weight excluding hydrogens is 232 g/mol. The van der Waals surface area contributed by atoms with Crippen LogP contribution in [0, 0.1) is 29.1 Å². The molecule has 1 N–H and O–H groups in total. The van der Waals surface area contributed by atoms with Gasteiger partial charge in [0.05, 0.1) is 12.1 Å². The van der Waals surface area contributed by atoms with Crippen molar-refractivity contribution in [1.82, 2.24) is 5.32 Å². The van der Waals surface area contributed by atoms with E-state index in [0.717, 1.165) is 0 Å². The van der Waals surface area contributed by atoms with E-state index in [1.54, 1.807) is 5.57 Å². The van der Waals surface area contributed by atoms with Gasteiger partial charge in [-0.25, -0.2) is 0 Å². The van der Waals surface area contributed by atoms with Crippen molar-refractivity contribution in [3.05, 3.63) is 11.6 Å². The zero-order valence-electron chi connectivity index (χ0n) is 13.8. The van der Waals surface area contributed by atoms with Crippen molar-refractivity contribution in [3.63, 3.8) is 0 Å². The molecule has 0 bridgehead atoms. The molecule has 0 aromatic carbocycles. The van der Waals surface area contributed by atoms with Gasteiger partial charge in [0.2, 0.25) is 0 Å². The van der Waals surface area contributed by atoms with E-state index >= 15 is 0 Å². The molecule has 0 spiro atoms. The zero-order chi connectivity index (χ0) is 15.0. The van der Waals surface area contributed by atoms with Crippen LogP contribution >= 0.6 is 0 Å². The number of nitrogens with one attached hydrogen (secondary N) is 1. The molecule has 0 saturated carbocycles. The predicted molar refractivity (Wildman–Crippen MR) is 83.8 cm³/mol. The number of nitrogens with zero attached hydrogens (tertiary/aromatic N) is 1. The Balaban J connectivity index is 4.62. The highest BCUT2D eigenvalue weighted by Gasteiger charge is 2.26. The molecule has 0 fully saturated rings. The van der Waals surface area contributed by atoms with Gasteiger partial charge in [0, 0.05) is 6.04 Å². The molecule has 0 heterocycles. The Morgan fingerprint density at radius 1 is 1.16 bits per heavy atom. The SMILES string of the molecule is CC=C(CCC)C(C)C(C)C(C)C(C)NC(C)C#N. The van der Waals surface area contributed by atoms with Crippen molar-refractivity contribution in [2.75, 3.05) is 0 Å². The second-order valence-electron chi connectivity index (χ2n) is 5.93. The van der Waals surface area contributed by atoms with Gasteiger partial charge in [0.1, 0.15) is 0 Å². The zero-order valence-corrected chi connectivity index (χ0v) is 13.8. The molecule has 0 amide bonds. The minimum atomic E-state index is -0.0724. The molecule has 5 unspecified atom stereocenters. The van der Waals surface area contributed by atoms with Crippen molar-refractivity contribution in [1.29, 1.82) is 5.26 Å². The molecule has 5 atom stereocenters. The molecule has 0 aromatic heterocycles. The first-order valence-corrected chi connectivity index (χ1v) is 7.69. The molecule has 2 nitrogen and oxygen atoms in total. The van der Waals surface area contributed by atoms with Crippen molar-refractivity contribution in [3.8, 4) is 6.07 Å². The van der Waals surface area contributed by atoms with Crippen molar-refractivity contribution in [2.24, 2.45) is 17.8 Å². The summed E-state index contributed by atoms with van der Waals surface area (Å²) in [5, 5.41) is 12.3. The maximum Gasteiger partial charge on any atom is 0.0926 e. The molecule has 0 rings (SSSR count). The van der Waals surface area contributed by atoms with E-state index in [4.69, 9.17) is 5.26 Å². The first kappa shape index (κ1) is 18.2. The van der Waals surface area contributed by atoms with Gasteiger partial charge in [-0.15, -0.1) is 0 Å². The molecule has 0 aliphatic carbocycles. The largest absolute Gasteiger partial charge is 0.299 e. The Morgan fingerprint density at radius 2 is 1.74 bits per heavy atom. The molecule has 0 radical (unpaired) electrons. The van der Waals surface area contributed by atoms with E-state index in [2.05, 4.69) is 59.0 Å². The lowest BCUT2D eigenvalue weighted by Gasteiger charge is -2.33. The second-order valence-corrected chi connectivity index (χ2v) is 5.93. The average molecular weight is 264 g/mol. The molecule has 0 aliphatic heterocycles. The van der Waals surface area contributed by atoms with Crippen LogP contribution in [0.15, 0.2) is 11.6 Å². The molecule has 0 aromatic rings. The Kier molecular flexibility index (Phi) is 8.76. The van der Waals surface area contributed by atoms with Gasteiger partial charge >= 0.3 is 0 Å². The van der Waals surface area contributed by atoms with Gasteiger partial charge in [-0.1, -0.05) is 45.8 Å². The Labute approximate surface area is 120 Å².